The van der Waals surface area contributed by atoms with E-state index in [4.69, 9.17) is 0 Å². The monoisotopic (exact) mass is 376 g/mol. The number of hydrogen-bond acceptors (Lipinski definition) is 5. The number of carbonyl (C=O) groups is 1. The van der Waals surface area contributed by atoms with Crippen LogP contribution in [0.5, 0.6) is 0 Å². The molecule has 2 aromatic heterocycles. The average Bonchev–Trinajstić information content (AvgIpc) is 3.39. The van der Waals surface area contributed by atoms with Crippen molar-refractivity contribution < 1.29 is 4.79 Å². The van der Waals surface area contributed by atoms with Gasteiger partial charge >= 0.3 is 0 Å². The van der Waals surface area contributed by atoms with Gasteiger partial charge in [-0.15, -0.1) is 0 Å². The number of nitrogens with zero attached hydrogens (tertiary/aromatic N) is 4. The van der Waals surface area contributed by atoms with Crippen molar-refractivity contribution in [1.82, 2.24) is 25.1 Å². The maximum Gasteiger partial charge on any atom is 0.269 e. The van der Waals surface area contributed by atoms with Crippen LogP contribution in [0.25, 0.3) is 11.4 Å². The first-order valence-corrected chi connectivity index (χ1v) is 9.49. The molecule has 0 bridgehead atoms. The fourth-order valence-electron chi connectivity index (χ4n) is 3.19. The van der Waals surface area contributed by atoms with Crippen LogP contribution in [0.4, 0.5) is 11.6 Å². The first kappa shape index (κ1) is 18.2. The Hall–Kier alpha value is -3.22. The normalized spacial score (nSPS) is 13.4. The van der Waals surface area contributed by atoms with E-state index in [9.17, 15) is 4.79 Å². The third-order valence-electron chi connectivity index (χ3n) is 4.76. The third kappa shape index (κ3) is 4.19. The minimum atomic E-state index is -0.101. The zero-order valence-electron chi connectivity index (χ0n) is 16.4. The Balaban J connectivity index is 1.53. The summed E-state index contributed by atoms with van der Waals surface area (Å²) in [5.41, 5.74) is 5.12. The second-order valence-corrected chi connectivity index (χ2v) is 7.46. The molecule has 0 radical (unpaired) electrons. The van der Waals surface area contributed by atoms with E-state index in [1.54, 1.807) is 30.1 Å². The average molecular weight is 376 g/mol. The number of hydrogen-bond donors (Lipinski definition) is 2. The number of benzene rings is 1. The fourth-order valence-corrected chi connectivity index (χ4v) is 3.19. The van der Waals surface area contributed by atoms with Crippen LogP contribution in [0, 0.1) is 19.8 Å². The van der Waals surface area contributed by atoms with Crippen molar-refractivity contribution in [2.45, 2.75) is 26.7 Å². The molecule has 0 aliphatic heterocycles. The molecule has 0 spiro atoms. The number of nitrogens with one attached hydrogen (secondary N) is 2. The highest BCUT2D eigenvalue weighted by Gasteiger charge is 2.23. The van der Waals surface area contributed by atoms with Gasteiger partial charge in [-0.25, -0.2) is 9.97 Å². The summed E-state index contributed by atoms with van der Waals surface area (Å²) in [4.78, 5) is 21.3. The standard InChI is InChI=1S/C21H24N6O/c1-13-8-14(2)10-16(9-13)24-21-22-7-6-17(25-21)18-11-19(27(3)26-18)20(28)23-12-15-4-5-15/h6-11,15H,4-5,12H2,1-3H3,(H,23,28)(H,22,24,25). The molecule has 144 valence electrons. The van der Waals surface area contributed by atoms with Crippen LogP contribution in [-0.2, 0) is 7.05 Å². The lowest BCUT2D eigenvalue weighted by Crippen LogP contribution is -2.27. The zero-order chi connectivity index (χ0) is 19.7. The second kappa shape index (κ2) is 7.42. The molecule has 1 fully saturated rings. The van der Waals surface area contributed by atoms with Crippen molar-refractivity contribution in [3.63, 3.8) is 0 Å². The largest absolute Gasteiger partial charge is 0.350 e. The molecule has 1 aromatic carbocycles. The minimum absolute atomic E-state index is 0.101. The van der Waals surface area contributed by atoms with Gasteiger partial charge in [0.25, 0.3) is 5.91 Å². The summed E-state index contributed by atoms with van der Waals surface area (Å²) in [7, 11) is 1.77. The molecule has 0 saturated heterocycles. The number of aromatic nitrogens is 4. The van der Waals surface area contributed by atoms with Gasteiger partial charge in [-0.3, -0.25) is 9.48 Å². The van der Waals surface area contributed by atoms with Gasteiger partial charge in [0.2, 0.25) is 5.95 Å². The molecule has 4 rings (SSSR count). The molecular weight excluding hydrogens is 352 g/mol. The molecule has 2 heterocycles. The molecule has 3 aromatic rings. The van der Waals surface area contributed by atoms with Gasteiger partial charge in [0.1, 0.15) is 11.4 Å². The lowest BCUT2D eigenvalue weighted by molar-refractivity contribution is 0.0942. The Kier molecular flexibility index (Phi) is 4.81. The maximum absolute atomic E-state index is 12.4. The van der Waals surface area contributed by atoms with Crippen LogP contribution in [0.1, 0.15) is 34.5 Å². The van der Waals surface area contributed by atoms with Gasteiger partial charge < -0.3 is 10.6 Å². The van der Waals surface area contributed by atoms with Crippen LogP contribution in [0.2, 0.25) is 0 Å². The number of rotatable bonds is 6. The highest BCUT2D eigenvalue weighted by atomic mass is 16.2. The second-order valence-electron chi connectivity index (χ2n) is 7.46. The van der Waals surface area contributed by atoms with E-state index >= 15 is 0 Å². The summed E-state index contributed by atoms with van der Waals surface area (Å²) < 4.78 is 1.59. The summed E-state index contributed by atoms with van der Waals surface area (Å²) in [5, 5.41) is 10.7. The quantitative estimate of drug-likeness (QED) is 0.689. The van der Waals surface area contributed by atoms with Crippen LogP contribution in [0.15, 0.2) is 36.5 Å². The Labute approximate surface area is 164 Å². The molecular formula is C21H24N6O. The van der Waals surface area contributed by atoms with Crippen molar-refractivity contribution in [2.24, 2.45) is 13.0 Å². The van der Waals surface area contributed by atoms with Crippen molar-refractivity contribution in [3.8, 4) is 11.4 Å². The van der Waals surface area contributed by atoms with Gasteiger partial charge in [0.15, 0.2) is 0 Å². The van der Waals surface area contributed by atoms with E-state index in [0.29, 0.717) is 28.9 Å². The molecule has 1 amide bonds. The van der Waals surface area contributed by atoms with Gasteiger partial charge in [-0.1, -0.05) is 6.07 Å². The third-order valence-corrected chi connectivity index (χ3v) is 4.76. The smallest absolute Gasteiger partial charge is 0.269 e. The lowest BCUT2D eigenvalue weighted by atomic mass is 10.1. The summed E-state index contributed by atoms with van der Waals surface area (Å²) in [5.74, 6) is 1.03. The van der Waals surface area contributed by atoms with Crippen molar-refractivity contribution in [2.75, 3.05) is 11.9 Å². The lowest BCUT2D eigenvalue weighted by Gasteiger charge is -2.07. The molecule has 0 unspecified atom stereocenters. The molecule has 1 aliphatic rings. The number of amides is 1. The zero-order valence-corrected chi connectivity index (χ0v) is 16.4. The van der Waals surface area contributed by atoms with Gasteiger partial charge in [-0.05, 0) is 68.0 Å². The van der Waals surface area contributed by atoms with E-state index < -0.39 is 0 Å². The fraction of sp³-hybridized carbons (Fsp3) is 0.333. The predicted molar refractivity (Wildman–Crippen MR) is 108 cm³/mol. The number of anilines is 2. The van der Waals surface area contributed by atoms with Gasteiger partial charge in [0, 0.05) is 25.5 Å². The van der Waals surface area contributed by atoms with Crippen LogP contribution < -0.4 is 10.6 Å². The van der Waals surface area contributed by atoms with E-state index in [0.717, 1.165) is 12.2 Å². The first-order chi connectivity index (χ1) is 13.5. The molecule has 1 saturated carbocycles. The van der Waals surface area contributed by atoms with E-state index in [1.165, 1.54) is 24.0 Å². The Bertz CT molecular complexity index is 1000. The van der Waals surface area contributed by atoms with Crippen molar-refractivity contribution in [1.29, 1.82) is 0 Å². The topological polar surface area (TPSA) is 84.7 Å². The molecule has 0 atom stereocenters. The Morgan fingerprint density at radius 3 is 2.61 bits per heavy atom. The van der Waals surface area contributed by atoms with Gasteiger partial charge in [-0.2, -0.15) is 5.10 Å². The van der Waals surface area contributed by atoms with Crippen molar-refractivity contribution in [3.05, 3.63) is 53.3 Å². The minimum Gasteiger partial charge on any atom is -0.350 e. The summed E-state index contributed by atoms with van der Waals surface area (Å²) >= 11 is 0. The molecule has 2 N–H and O–H groups in total. The highest BCUT2D eigenvalue weighted by Crippen LogP contribution is 2.27. The maximum atomic E-state index is 12.4. The number of carbonyl (C=O) groups excluding carboxylic acids is 1. The van der Waals surface area contributed by atoms with E-state index in [2.05, 4.69) is 45.6 Å². The first-order valence-electron chi connectivity index (χ1n) is 9.49. The van der Waals surface area contributed by atoms with Crippen LogP contribution >= 0.6 is 0 Å². The summed E-state index contributed by atoms with van der Waals surface area (Å²) in [6, 6.07) is 9.77. The number of aryl methyl sites for hydroxylation is 3. The highest BCUT2D eigenvalue weighted by molar-refractivity contribution is 5.93. The van der Waals surface area contributed by atoms with Crippen LogP contribution in [0.3, 0.4) is 0 Å². The van der Waals surface area contributed by atoms with Crippen molar-refractivity contribution >= 4 is 17.5 Å². The Morgan fingerprint density at radius 2 is 1.89 bits per heavy atom. The van der Waals surface area contributed by atoms with E-state index in [1.807, 2.05) is 12.1 Å². The van der Waals surface area contributed by atoms with E-state index in [-0.39, 0.29) is 5.91 Å². The predicted octanol–water partition coefficient (Wildman–Crippen LogP) is 3.38. The molecule has 7 heteroatoms. The molecule has 7 nitrogen and oxygen atoms in total. The molecule has 28 heavy (non-hydrogen) atoms. The SMILES string of the molecule is Cc1cc(C)cc(Nc2nccc(-c3cc(C(=O)NCC4CC4)n(C)n3)n2)c1. The summed E-state index contributed by atoms with van der Waals surface area (Å²) in [6.45, 7) is 4.84. The Morgan fingerprint density at radius 1 is 1.14 bits per heavy atom. The summed E-state index contributed by atoms with van der Waals surface area (Å²) in [6.07, 6.45) is 4.09. The van der Waals surface area contributed by atoms with Gasteiger partial charge in [0.05, 0.1) is 5.69 Å². The molecule has 1 aliphatic carbocycles. The van der Waals surface area contributed by atoms with Crippen LogP contribution in [-0.4, -0.2) is 32.2 Å².